The average Bonchev–Trinajstić information content (AvgIpc) is 3.09. The molecule has 0 radical (unpaired) electrons. The van der Waals surface area contributed by atoms with Gasteiger partial charge in [0.25, 0.3) is 0 Å². The van der Waals surface area contributed by atoms with Crippen LogP contribution < -0.4 is 0 Å². The van der Waals surface area contributed by atoms with E-state index in [1.165, 1.54) is 16.7 Å². The maximum atomic E-state index is 5.98. The summed E-state index contributed by atoms with van der Waals surface area (Å²) in [6, 6.07) is 16.9. The van der Waals surface area contributed by atoms with Crippen LogP contribution in [0.3, 0.4) is 0 Å². The number of halogens is 1. The van der Waals surface area contributed by atoms with Crippen LogP contribution in [0.1, 0.15) is 23.1 Å². The van der Waals surface area contributed by atoms with E-state index in [-0.39, 0.29) is 0 Å². The summed E-state index contributed by atoms with van der Waals surface area (Å²) in [5.74, 6) is 0.580. The minimum absolute atomic E-state index is 0.580. The van der Waals surface area contributed by atoms with Gasteiger partial charge in [0.15, 0.2) is 0 Å². The highest BCUT2D eigenvalue weighted by Crippen LogP contribution is 2.20. The molecular weight excluding hydrogens is 316 g/mol. The Labute approximate surface area is 149 Å². The van der Waals surface area contributed by atoms with E-state index in [0.717, 1.165) is 30.8 Å². The summed E-state index contributed by atoms with van der Waals surface area (Å²) in [5.41, 5.74) is 4.16. The minimum Gasteiger partial charge on any atom is -0.337 e. The van der Waals surface area contributed by atoms with Crippen LogP contribution in [0.2, 0.25) is 5.02 Å². The number of rotatable bonds is 7. The highest BCUT2D eigenvalue weighted by Gasteiger charge is 2.12. The van der Waals surface area contributed by atoms with Crippen molar-refractivity contribution in [2.75, 3.05) is 0 Å². The molecule has 1 unspecified atom stereocenters. The monoisotopic (exact) mass is 338 g/mol. The molecule has 0 bridgehead atoms. The second-order valence-corrected chi connectivity index (χ2v) is 6.86. The summed E-state index contributed by atoms with van der Waals surface area (Å²) in [5, 5.41) is 0.800. The van der Waals surface area contributed by atoms with Gasteiger partial charge in [-0.1, -0.05) is 48.0 Å². The molecule has 0 spiro atoms. The van der Waals surface area contributed by atoms with Crippen LogP contribution >= 0.6 is 11.6 Å². The van der Waals surface area contributed by atoms with E-state index >= 15 is 0 Å². The molecule has 124 valence electrons. The van der Waals surface area contributed by atoms with Gasteiger partial charge < -0.3 is 4.57 Å². The van der Waals surface area contributed by atoms with Gasteiger partial charge in [-0.25, -0.2) is 4.98 Å². The van der Waals surface area contributed by atoms with Crippen LogP contribution in [-0.4, -0.2) is 9.55 Å². The molecular formula is C21H23ClN2. The summed E-state index contributed by atoms with van der Waals surface area (Å²) < 4.78 is 2.19. The molecule has 3 aromatic rings. The molecule has 1 heterocycles. The van der Waals surface area contributed by atoms with Crippen molar-refractivity contribution >= 4 is 11.6 Å². The van der Waals surface area contributed by atoms with Gasteiger partial charge in [-0.2, -0.15) is 0 Å². The molecule has 2 nitrogen and oxygen atoms in total. The number of imidazole rings is 1. The van der Waals surface area contributed by atoms with Crippen LogP contribution in [0.4, 0.5) is 0 Å². The normalized spacial score (nSPS) is 12.2. The fourth-order valence-electron chi connectivity index (χ4n) is 3.12. The molecule has 2 aromatic carbocycles. The second kappa shape index (κ2) is 8.16. The number of hydrogen-bond donors (Lipinski definition) is 0. The van der Waals surface area contributed by atoms with Crippen molar-refractivity contribution < 1.29 is 0 Å². The van der Waals surface area contributed by atoms with E-state index in [4.69, 9.17) is 11.6 Å². The number of nitrogens with zero attached hydrogens (tertiary/aromatic N) is 2. The zero-order valence-corrected chi connectivity index (χ0v) is 14.8. The summed E-state index contributed by atoms with van der Waals surface area (Å²) in [6.45, 7) is 3.20. The number of aryl methyl sites for hydroxylation is 2. The molecule has 0 saturated heterocycles. The average molecular weight is 339 g/mol. The first-order valence-corrected chi connectivity index (χ1v) is 8.83. The van der Waals surface area contributed by atoms with Crippen molar-refractivity contribution in [1.29, 1.82) is 0 Å². The van der Waals surface area contributed by atoms with Gasteiger partial charge in [-0.15, -0.1) is 0 Å². The third-order valence-corrected chi connectivity index (χ3v) is 4.80. The van der Waals surface area contributed by atoms with E-state index < -0.39 is 0 Å². The van der Waals surface area contributed by atoms with Gasteiger partial charge in [0.2, 0.25) is 0 Å². The Hall–Kier alpha value is -2.06. The first kappa shape index (κ1) is 16.8. The molecule has 3 heteroatoms. The van der Waals surface area contributed by atoms with Crippen molar-refractivity contribution in [3.05, 3.63) is 89.0 Å². The maximum absolute atomic E-state index is 5.98. The largest absolute Gasteiger partial charge is 0.337 e. The Morgan fingerprint density at radius 1 is 1.08 bits per heavy atom. The highest BCUT2D eigenvalue weighted by atomic mass is 35.5. The number of benzene rings is 2. The predicted molar refractivity (Wildman–Crippen MR) is 100 cm³/mol. The van der Waals surface area contributed by atoms with Gasteiger partial charge in [-0.05, 0) is 60.9 Å². The lowest BCUT2D eigenvalue weighted by Crippen LogP contribution is -2.14. The van der Waals surface area contributed by atoms with Crippen molar-refractivity contribution in [1.82, 2.24) is 9.55 Å². The Kier molecular flexibility index (Phi) is 5.71. The van der Waals surface area contributed by atoms with E-state index in [1.54, 1.807) is 0 Å². The molecule has 0 N–H and O–H groups in total. The van der Waals surface area contributed by atoms with Gasteiger partial charge in [0.05, 0.1) is 6.33 Å². The topological polar surface area (TPSA) is 17.8 Å². The van der Waals surface area contributed by atoms with Crippen molar-refractivity contribution in [2.45, 2.75) is 32.7 Å². The van der Waals surface area contributed by atoms with Crippen molar-refractivity contribution in [3.8, 4) is 0 Å². The van der Waals surface area contributed by atoms with Crippen LogP contribution in [0.25, 0.3) is 0 Å². The first-order chi connectivity index (χ1) is 11.7. The second-order valence-electron chi connectivity index (χ2n) is 6.42. The minimum atomic E-state index is 0.580. The summed E-state index contributed by atoms with van der Waals surface area (Å²) in [7, 11) is 0. The van der Waals surface area contributed by atoms with Crippen LogP contribution in [0.15, 0.2) is 67.3 Å². The molecule has 1 atom stereocenters. The third-order valence-electron chi connectivity index (χ3n) is 4.55. The Bertz CT molecular complexity index is 748. The Balaban J connectivity index is 1.69. The molecule has 0 saturated carbocycles. The molecule has 0 aliphatic rings. The molecule has 1 aromatic heterocycles. The standard InChI is InChI=1S/C21H23ClN2/c1-17-4-2-3-5-20(17)14-19(15-24-13-12-23-16-24)7-6-18-8-10-21(22)11-9-18/h2-5,8-13,16,19H,6-7,14-15H2,1H3. The van der Waals surface area contributed by atoms with Gasteiger partial charge in [0.1, 0.15) is 0 Å². The lowest BCUT2D eigenvalue weighted by molar-refractivity contribution is 0.412. The fourth-order valence-corrected chi connectivity index (χ4v) is 3.25. The van der Waals surface area contributed by atoms with Gasteiger partial charge in [0, 0.05) is 24.0 Å². The molecule has 24 heavy (non-hydrogen) atoms. The van der Waals surface area contributed by atoms with Crippen molar-refractivity contribution in [3.63, 3.8) is 0 Å². The predicted octanol–water partition coefficient (Wildman–Crippen LogP) is 5.34. The Morgan fingerprint density at radius 3 is 2.58 bits per heavy atom. The summed E-state index contributed by atoms with van der Waals surface area (Å²) in [6.07, 6.45) is 9.12. The van der Waals surface area contributed by atoms with E-state index in [9.17, 15) is 0 Å². The van der Waals surface area contributed by atoms with Crippen LogP contribution in [0.5, 0.6) is 0 Å². The lowest BCUT2D eigenvalue weighted by atomic mass is 9.91. The fraction of sp³-hybridized carbons (Fsp3) is 0.286. The molecule has 0 aliphatic carbocycles. The maximum Gasteiger partial charge on any atom is 0.0945 e. The van der Waals surface area contributed by atoms with E-state index in [2.05, 4.69) is 52.9 Å². The van der Waals surface area contributed by atoms with Crippen molar-refractivity contribution in [2.24, 2.45) is 5.92 Å². The molecule has 0 fully saturated rings. The van der Waals surface area contributed by atoms with Crippen LogP contribution in [-0.2, 0) is 19.4 Å². The number of hydrogen-bond acceptors (Lipinski definition) is 1. The SMILES string of the molecule is Cc1ccccc1CC(CCc1ccc(Cl)cc1)Cn1ccnc1. The number of aromatic nitrogens is 2. The summed E-state index contributed by atoms with van der Waals surface area (Å²) in [4.78, 5) is 4.18. The van der Waals surface area contributed by atoms with E-state index in [0.29, 0.717) is 5.92 Å². The first-order valence-electron chi connectivity index (χ1n) is 8.45. The molecule has 3 rings (SSSR count). The van der Waals surface area contributed by atoms with Gasteiger partial charge in [-0.3, -0.25) is 0 Å². The lowest BCUT2D eigenvalue weighted by Gasteiger charge is -2.19. The smallest absolute Gasteiger partial charge is 0.0945 e. The third kappa shape index (κ3) is 4.72. The van der Waals surface area contributed by atoms with Crippen LogP contribution in [0, 0.1) is 12.8 Å². The quantitative estimate of drug-likeness (QED) is 0.568. The van der Waals surface area contributed by atoms with E-state index in [1.807, 2.05) is 30.9 Å². The molecule has 0 aliphatic heterocycles. The van der Waals surface area contributed by atoms with Gasteiger partial charge >= 0.3 is 0 Å². The Morgan fingerprint density at radius 2 is 1.88 bits per heavy atom. The highest BCUT2D eigenvalue weighted by molar-refractivity contribution is 6.30. The zero-order valence-electron chi connectivity index (χ0n) is 14.0. The molecule has 0 amide bonds. The zero-order chi connectivity index (χ0) is 16.8. The summed E-state index contributed by atoms with van der Waals surface area (Å²) >= 11 is 5.98.